The van der Waals surface area contributed by atoms with Gasteiger partial charge in [0, 0.05) is 12.1 Å². The third kappa shape index (κ3) is 5.06. The van der Waals surface area contributed by atoms with Crippen molar-refractivity contribution in [2.24, 2.45) is 5.92 Å². The summed E-state index contributed by atoms with van der Waals surface area (Å²) >= 11 is 0. The van der Waals surface area contributed by atoms with Gasteiger partial charge in [-0.05, 0) is 49.9 Å². The van der Waals surface area contributed by atoms with Crippen LogP contribution < -0.4 is 0 Å². The molecule has 0 saturated heterocycles. The highest BCUT2D eigenvalue weighted by atomic mass is 28.4. The maximum absolute atomic E-state index is 7.42. The quantitative estimate of drug-likeness (QED) is 0.478. The molecule has 2 nitrogen and oxygen atoms in total. The first-order chi connectivity index (χ1) is 9.73. The first-order valence-corrected chi connectivity index (χ1v) is 11.5. The minimum Gasteiger partial charge on any atom is -0.413 e. The van der Waals surface area contributed by atoms with Gasteiger partial charge in [-0.3, -0.25) is 0 Å². The Bertz CT molecular complexity index is 368. The van der Waals surface area contributed by atoms with Gasteiger partial charge in [0.2, 0.25) is 0 Å². The van der Waals surface area contributed by atoms with Gasteiger partial charge in [0.1, 0.15) is 0 Å². The smallest absolute Gasteiger partial charge is 0.192 e. The Morgan fingerprint density at radius 3 is 2.52 bits per heavy atom. The van der Waals surface area contributed by atoms with E-state index in [9.17, 15) is 0 Å². The van der Waals surface area contributed by atoms with Crippen LogP contribution in [-0.4, -0.2) is 20.6 Å². The third-order valence-corrected chi connectivity index (χ3v) is 9.80. The van der Waals surface area contributed by atoms with Gasteiger partial charge in [0.05, 0.1) is 6.10 Å². The molecule has 2 atom stereocenters. The summed E-state index contributed by atoms with van der Waals surface area (Å²) < 4.78 is 6.75. The maximum Gasteiger partial charge on any atom is 0.192 e. The fourth-order valence-electron chi connectivity index (χ4n) is 2.94. The lowest BCUT2D eigenvalue weighted by molar-refractivity contribution is 0.101. The highest BCUT2D eigenvalue weighted by molar-refractivity contribution is 6.74. The minimum absolute atomic E-state index is 0.269. The number of allylic oxidation sites excluding steroid dienone is 1. The lowest BCUT2D eigenvalue weighted by Crippen LogP contribution is -2.46. The molecule has 1 aliphatic carbocycles. The molecule has 1 rings (SSSR count). The molecule has 1 saturated carbocycles. The van der Waals surface area contributed by atoms with Crippen LogP contribution in [0, 0.1) is 11.3 Å². The summed E-state index contributed by atoms with van der Waals surface area (Å²) in [5.74, 6) is 0.537. The molecule has 21 heavy (non-hydrogen) atoms. The van der Waals surface area contributed by atoms with E-state index in [2.05, 4.69) is 40.8 Å². The third-order valence-electron chi connectivity index (χ3n) is 5.30. The molecule has 1 aliphatic rings. The SMILES string of the molecule is CCCC[C@H]1/C(=C/C=N)CCC[C@@H]1O[Si](C)(C)C(C)(C)C. The summed E-state index contributed by atoms with van der Waals surface area (Å²) in [6.07, 6.45) is 11.1. The highest BCUT2D eigenvalue weighted by Gasteiger charge is 2.41. The van der Waals surface area contributed by atoms with Crippen molar-refractivity contribution < 1.29 is 4.43 Å². The van der Waals surface area contributed by atoms with Crippen molar-refractivity contribution in [1.29, 1.82) is 5.41 Å². The molecule has 0 aromatic heterocycles. The molecule has 0 spiro atoms. The second kappa shape index (κ2) is 7.73. The van der Waals surface area contributed by atoms with Crippen LogP contribution in [0.15, 0.2) is 11.6 Å². The van der Waals surface area contributed by atoms with E-state index < -0.39 is 8.32 Å². The summed E-state index contributed by atoms with van der Waals surface area (Å²) in [6.45, 7) is 13.9. The number of hydrogen-bond donors (Lipinski definition) is 1. The summed E-state index contributed by atoms with van der Waals surface area (Å²) in [6, 6.07) is 0. The minimum atomic E-state index is -1.71. The van der Waals surface area contributed by atoms with Crippen molar-refractivity contribution >= 4 is 14.5 Å². The normalized spacial score (nSPS) is 26.1. The van der Waals surface area contributed by atoms with Crippen molar-refractivity contribution in [2.45, 2.75) is 90.5 Å². The van der Waals surface area contributed by atoms with Crippen LogP contribution in [0.5, 0.6) is 0 Å². The van der Waals surface area contributed by atoms with Crippen molar-refractivity contribution in [3.63, 3.8) is 0 Å². The Kier molecular flexibility index (Phi) is 6.86. The van der Waals surface area contributed by atoms with Gasteiger partial charge >= 0.3 is 0 Å². The Morgan fingerprint density at radius 2 is 2.00 bits per heavy atom. The molecular weight excluding hydrogens is 274 g/mol. The molecule has 0 aromatic carbocycles. The van der Waals surface area contributed by atoms with Gasteiger partial charge in [0.25, 0.3) is 0 Å². The van der Waals surface area contributed by atoms with E-state index in [0.29, 0.717) is 12.0 Å². The molecule has 0 bridgehead atoms. The van der Waals surface area contributed by atoms with Crippen LogP contribution >= 0.6 is 0 Å². The Labute approximate surface area is 133 Å². The average molecular weight is 310 g/mol. The van der Waals surface area contributed by atoms with Crippen molar-refractivity contribution in [3.05, 3.63) is 11.6 Å². The molecule has 0 amide bonds. The molecule has 3 heteroatoms. The number of nitrogens with one attached hydrogen (secondary N) is 1. The first-order valence-electron chi connectivity index (χ1n) is 8.60. The van der Waals surface area contributed by atoms with Crippen LogP contribution in [0.2, 0.25) is 18.1 Å². The fourth-order valence-corrected chi connectivity index (χ4v) is 4.33. The molecule has 0 aliphatic heterocycles. The Hall–Kier alpha value is -0.413. The van der Waals surface area contributed by atoms with Crippen LogP contribution in [0.25, 0.3) is 0 Å². The number of unbranched alkanes of at least 4 members (excludes halogenated alkanes) is 1. The van der Waals surface area contributed by atoms with Crippen molar-refractivity contribution in [2.75, 3.05) is 0 Å². The maximum atomic E-state index is 7.42. The largest absolute Gasteiger partial charge is 0.413 e. The van der Waals surface area contributed by atoms with Gasteiger partial charge in [-0.15, -0.1) is 0 Å². The topological polar surface area (TPSA) is 33.1 Å². The van der Waals surface area contributed by atoms with E-state index in [-0.39, 0.29) is 5.04 Å². The van der Waals surface area contributed by atoms with Crippen LogP contribution in [0.4, 0.5) is 0 Å². The molecule has 0 unspecified atom stereocenters. The Balaban J connectivity index is 2.90. The van der Waals surface area contributed by atoms with Crippen LogP contribution in [-0.2, 0) is 4.43 Å². The van der Waals surface area contributed by atoms with E-state index in [0.717, 1.165) is 6.42 Å². The predicted octanol–water partition coefficient (Wildman–Crippen LogP) is 5.94. The van der Waals surface area contributed by atoms with E-state index in [1.807, 2.05) is 6.08 Å². The second-order valence-corrected chi connectivity index (χ2v) is 12.7. The zero-order chi connectivity index (χ0) is 16.1. The van der Waals surface area contributed by atoms with E-state index in [1.165, 1.54) is 43.9 Å². The molecule has 1 N–H and O–H groups in total. The number of hydrogen-bond acceptors (Lipinski definition) is 2. The highest BCUT2D eigenvalue weighted by Crippen LogP contribution is 2.42. The van der Waals surface area contributed by atoms with Gasteiger partial charge in [0.15, 0.2) is 8.32 Å². The van der Waals surface area contributed by atoms with Crippen LogP contribution in [0.3, 0.4) is 0 Å². The Morgan fingerprint density at radius 1 is 1.33 bits per heavy atom. The summed E-state index contributed by atoms with van der Waals surface area (Å²) in [4.78, 5) is 0. The molecule has 1 fully saturated rings. The zero-order valence-corrected chi connectivity index (χ0v) is 16.0. The summed E-state index contributed by atoms with van der Waals surface area (Å²) in [5, 5.41) is 7.69. The summed E-state index contributed by atoms with van der Waals surface area (Å²) in [5.41, 5.74) is 1.45. The summed E-state index contributed by atoms with van der Waals surface area (Å²) in [7, 11) is -1.71. The average Bonchev–Trinajstić information content (AvgIpc) is 2.36. The molecular formula is C18H35NOSi. The van der Waals surface area contributed by atoms with Crippen molar-refractivity contribution in [1.82, 2.24) is 0 Å². The molecule has 122 valence electrons. The fraction of sp³-hybridized carbons (Fsp3) is 0.833. The zero-order valence-electron chi connectivity index (χ0n) is 15.0. The number of rotatable bonds is 6. The second-order valence-electron chi connectivity index (χ2n) is 7.97. The van der Waals surface area contributed by atoms with Crippen LogP contribution in [0.1, 0.15) is 66.2 Å². The van der Waals surface area contributed by atoms with Crippen molar-refractivity contribution in [3.8, 4) is 0 Å². The monoisotopic (exact) mass is 309 g/mol. The van der Waals surface area contributed by atoms with Gasteiger partial charge in [-0.1, -0.05) is 46.1 Å². The first kappa shape index (κ1) is 18.6. The lowest BCUT2D eigenvalue weighted by atomic mass is 9.79. The standard InChI is InChI=1S/C18H35NOSi/c1-7-8-11-16-15(13-14-19)10-9-12-17(16)20-21(5,6)18(2,3)4/h13-14,16-17,19H,7-12H2,1-6H3/b15-13+,19-14?/t16-,17-/m0/s1. The molecule has 0 radical (unpaired) electrons. The molecule has 0 heterocycles. The van der Waals surface area contributed by atoms with Gasteiger partial charge in [-0.25, -0.2) is 0 Å². The van der Waals surface area contributed by atoms with E-state index in [1.54, 1.807) is 0 Å². The predicted molar refractivity (Wildman–Crippen MR) is 95.8 cm³/mol. The van der Waals surface area contributed by atoms with Gasteiger partial charge in [-0.2, -0.15) is 0 Å². The lowest BCUT2D eigenvalue weighted by Gasteiger charge is -2.44. The van der Waals surface area contributed by atoms with E-state index in [4.69, 9.17) is 9.84 Å². The van der Waals surface area contributed by atoms with Gasteiger partial charge < -0.3 is 9.84 Å². The molecule has 0 aromatic rings. The van der Waals surface area contributed by atoms with E-state index >= 15 is 0 Å².